The second-order valence-electron chi connectivity index (χ2n) is 7.87. The second kappa shape index (κ2) is 8.84. The summed E-state index contributed by atoms with van der Waals surface area (Å²) in [6, 6.07) is 19.4. The smallest absolute Gasteiger partial charge is 0.307 e. The number of carbonyl (C=O) groups excluding carboxylic acids is 1. The standard InChI is InChI=1S/C24H23N3O4S2/c1-16-4-6-17(7-5-16)15-27(33(3,30)31)20-11-8-18(9-12-20)23(28)25-19-10-13-21-22(14-19)32-24(29)26(21)2/h4-14H,15H2,1-3H3,(H,25,28). The van der Waals surface area contributed by atoms with Gasteiger partial charge in [-0.2, -0.15) is 0 Å². The molecule has 0 atom stereocenters. The summed E-state index contributed by atoms with van der Waals surface area (Å²) in [4.78, 5) is 24.5. The van der Waals surface area contributed by atoms with Gasteiger partial charge >= 0.3 is 4.87 Å². The highest BCUT2D eigenvalue weighted by Crippen LogP contribution is 2.24. The number of hydrogen-bond acceptors (Lipinski definition) is 5. The maximum Gasteiger partial charge on any atom is 0.307 e. The van der Waals surface area contributed by atoms with Crippen LogP contribution in [0.2, 0.25) is 0 Å². The Labute approximate surface area is 196 Å². The largest absolute Gasteiger partial charge is 0.322 e. The molecule has 0 fully saturated rings. The molecule has 0 aliphatic carbocycles. The molecule has 1 aromatic heterocycles. The number of nitrogens with one attached hydrogen (secondary N) is 1. The van der Waals surface area contributed by atoms with Crippen molar-refractivity contribution in [3.8, 4) is 0 Å². The highest BCUT2D eigenvalue weighted by molar-refractivity contribution is 7.92. The van der Waals surface area contributed by atoms with Crippen LogP contribution >= 0.6 is 11.3 Å². The molecule has 4 aromatic rings. The van der Waals surface area contributed by atoms with Gasteiger partial charge in [0.25, 0.3) is 5.91 Å². The van der Waals surface area contributed by atoms with Gasteiger partial charge in [-0.15, -0.1) is 0 Å². The van der Waals surface area contributed by atoms with Crippen LogP contribution in [-0.2, 0) is 23.6 Å². The van der Waals surface area contributed by atoms with Crippen LogP contribution in [0, 0.1) is 6.92 Å². The molecule has 4 rings (SSSR count). The Bertz CT molecular complexity index is 1490. The van der Waals surface area contributed by atoms with Gasteiger partial charge in [-0.3, -0.25) is 13.9 Å². The van der Waals surface area contributed by atoms with Crippen LogP contribution < -0.4 is 14.5 Å². The number of sulfonamides is 1. The van der Waals surface area contributed by atoms with Gasteiger partial charge in [0, 0.05) is 18.3 Å². The number of amides is 1. The molecular weight excluding hydrogens is 458 g/mol. The van der Waals surface area contributed by atoms with Crippen LogP contribution in [0.4, 0.5) is 11.4 Å². The zero-order chi connectivity index (χ0) is 23.8. The SMILES string of the molecule is Cc1ccc(CN(c2ccc(C(=O)Nc3ccc4c(c3)sc(=O)n4C)cc2)S(C)(=O)=O)cc1. The van der Waals surface area contributed by atoms with Crippen molar-refractivity contribution in [2.45, 2.75) is 13.5 Å². The maximum absolute atomic E-state index is 12.7. The van der Waals surface area contributed by atoms with E-state index in [2.05, 4.69) is 5.32 Å². The molecule has 0 aliphatic rings. The van der Waals surface area contributed by atoms with Gasteiger partial charge in [-0.05, 0) is 55.0 Å². The van der Waals surface area contributed by atoms with Gasteiger partial charge in [0.15, 0.2) is 0 Å². The molecular formula is C24H23N3O4S2. The quantitative estimate of drug-likeness (QED) is 0.449. The fourth-order valence-corrected chi connectivity index (χ4v) is 5.26. The lowest BCUT2D eigenvalue weighted by Gasteiger charge is -2.23. The molecule has 1 heterocycles. The molecule has 0 saturated heterocycles. The monoisotopic (exact) mass is 481 g/mol. The number of anilines is 2. The van der Waals surface area contributed by atoms with E-state index in [0.29, 0.717) is 16.9 Å². The van der Waals surface area contributed by atoms with E-state index in [1.54, 1.807) is 54.1 Å². The van der Waals surface area contributed by atoms with E-state index in [1.807, 2.05) is 31.2 Å². The normalized spacial score (nSPS) is 11.5. The number of hydrogen-bond donors (Lipinski definition) is 1. The minimum Gasteiger partial charge on any atom is -0.322 e. The van der Waals surface area contributed by atoms with E-state index in [-0.39, 0.29) is 17.3 Å². The van der Waals surface area contributed by atoms with Gasteiger partial charge in [0.1, 0.15) is 0 Å². The molecule has 1 N–H and O–H groups in total. The summed E-state index contributed by atoms with van der Waals surface area (Å²) in [5.41, 5.74) is 4.22. The first-order valence-corrected chi connectivity index (χ1v) is 12.8. The van der Waals surface area contributed by atoms with Gasteiger partial charge in [0.05, 0.1) is 28.7 Å². The van der Waals surface area contributed by atoms with Crippen molar-refractivity contribution in [3.63, 3.8) is 0 Å². The second-order valence-corrected chi connectivity index (χ2v) is 10.8. The third kappa shape index (κ3) is 4.99. The van der Waals surface area contributed by atoms with Crippen LogP contribution in [0.15, 0.2) is 71.5 Å². The molecule has 33 heavy (non-hydrogen) atoms. The summed E-state index contributed by atoms with van der Waals surface area (Å²) in [5, 5.41) is 2.83. The maximum atomic E-state index is 12.7. The van der Waals surface area contributed by atoms with Gasteiger partial charge in [0.2, 0.25) is 10.0 Å². The Hall–Kier alpha value is -3.43. The average Bonchev–Trinajstić information content (AvgIpc) is 3.05. The Kier molecular flexibility index (Phi) is 6.09. The molecule has 0 spiro atoms. The predicted octanol–water partition coefficient (Wildman–Crippen LogP) is 4.13. The molecule has 0 saturated carbocycles. The molecule has 3 aromatic carbocycles. The van der Waals surface area contributed by atoms with Crippen molar-refractivity contribution < 1.29 is 13.2 Å². The first kappa shape index (κ1) is 22.8. The molecule has 170 valence electrons. The van der Waals surface area contributed by atoms with E-state index in [9.17, 15) is 18.0 Å². The first-order valence-electron chi connectivity index (χ1n) is 10.2. The molecule has 0 unspecified atom stereocenters. The van der Waals surface area contributed by atoms with Crippen LogP contribution in [0.3, 0.4) is 0 Å². The average molecular weight is 482 g/mol. The van der Waals surface area contributed by atoms with Crippen molar-refractivity contribution in [2.75, 3.05) is 15.9 Å². The lowest BCUT2D eigenvalue weighted by molar-refractivity contribution is 0.102. The topological polar surface area (TPSA) is 88.5 Å². The predicted molar refractivity (Wildman–Crippen MR) is 134 cm³/mol. The lowest BCUT2D eigenvalue weighted by Crippen LogP contribution is -2.29. The van der Waals surface area contributed by atoms with Crippen LogP contribution in [0.5, 0.6) is 0 Å². The molecule has 1 amide bonds. The number of thiazole rings is 1. The third-order valence-electron chi connectivity index (χ3n) is 5.31. The van der Waals surface area contributed by atoms with Crippen molar-refractivity contribution in [1.82, 2.24) is 4.57 Å². The number of aromatic nitrogens is 1. The zero-order valence-electron chi connectivity index (χ0n) is 18.4. The Morgan fingerprint density at radius 3 is 2.33 bits per heavy atom. The van der Waals surface area contributed by atoms with Gasteiger partial charge in [-0.1, -0.05) is 41.2 Å². The summed E-state index contributed by atoms with van der Waals surface area (Å²) in [6.07, 6.45) is 1.16. The number of fused-ring (bicyclic) bond motifs is 1. The highest BCUT2D eigenvalue weighted by atomic mass is 32.2. The Balaban J connectivity index is 1.53. The zero-order valence-corrected chi connectivity index (χ0v) is 20.0. The van der Waals surface area contributed by atoms with Crippen molar-refractivity contribution in [3.05, 3.63) is 93.1 Å². The lowest BCUT2D eigenvalue weighted by atomic mass is 10.1. The fourth-order valence-electron chi connectivity index (χ4n) is 3.45. The minimum atomic E-state index is -3.52. The van der Waals surface area contributed by atoms with Gasteiger partial charge < -0.3 is 9.88 Å². The van der Waals surface area contributed by atoms with E-state index in [1.165, 1.54) is 4.31 Å². The van der Waals surface area contributed by atoms with Gasteiger partial charge in [-0.25, -0.2) is 8.42 Å². The van der Waals surface area contributed by atoms with Crippen molar-refractivity contribution in [1.29, 1.82) is 0 Å². The summed E-state index contributed by atoms with van der Waals surface area (Å²) >= 11 is 1.12. The summed E-state index contributed by atoms with van der Waals surface area (Å²) in [5.74, 6) is -0.325. The molecule has 7 nitrogen and oxygen atoms in total. The van der Waals surface area contributed by atoms with Crippen LogP contribution in [0.1, 0.15) is 21.5 Å². The van der Waals surface area contributed by atoms with Crippen LogP contribution in [-0.4, -0.2) is 25.1 Å². The summed E-state index contributed by atoms with van der Waals surface area (Å²) in [7, 11) is -1.82. The van der Waals surface area contributed by atoms with E-state index < -0.39 is 10.0 Å². The number of rotatable bonds is 6. The molecule has 0 aliphatic heterocycles. The van der Waals surface area contributed by atoms with Crippen LogP contribution in [0.25, 0.3) is 10.2 Å². The summed E-state index contributed by atoms with van der Waals surface area (Å²) in [6.45, 7) is 2.17. The highest BCUT2D eigenvalue weighted by Gasteiger charge is 2.18. The molecule has 9 heteroatoms. The van der Waals surface area contributed by atoms with E-state index in [4.69, 9.17) is 0 Å². The number of nitrogens with zero attached hydrogens (tertiary/aromatic N) is 2. The minimum absolute atomic E-state index is 0.0647. The number of benzene rings is 3. The van der Waals surface area contributed by atoms with E-state index >= 15 is 0 Å². The number of aryl methyl sites for hydroxylation is 2. The molecule has 0 bridgehead atoms. The summed E-state index contributed by atoms with van der Waals surface area (Å²) < 4.78 is 28.5. The Morgan fingerprint density at radius 1 is 1.03 bits per heavy atom. The molecule has 0 radical (unpaired) electrons. The fraction of sp³-hybridized carbons (Fsp3) is 0.167. The first-order chi connectivity index (χ1) is 15.6. The van der Waals surface area contributed by atoms with E-state index in [0.717, 1.165) is 38.9 Å². The number of carbonyl (C=O) groups is 1. The Morgan fingerprint density at radius 2 is 1.70 bits per heavy atom. The third-order valence-corrected chi connectivity index (χ3v) is 7.45. The van der Waals surface area contributed by atoms with Crippen molar-refractivity contribution in [2.24, 2.45) is 7.05 Å². The van der Waals surface area contributed by atoms with Crippen molar-refractivity contribution >= 4 is 48.9 Å².